The van der Waals surface area contributed by atoms with Gasteiger partial charge in [-0.1, -0.05) is 29.8 Å². The van der Waals surface area contributed by atoms with Crippen molar-refractivity contribution < 1.29 is 23.2 Å². The van der Waals surface area contributed by atoms with Crippen molar-refractivity contribution in [2.75, 3.05) is 11.9 Å². The maximum Gasteiger partial charge on any atom is 0.325 e. The van der Waals surface area contributed by atoms with Crippen LogP contribution in [0.4, 0.5) is 19.3 Å². The summed E-state index contributed by atoms with van der Waals surface area (Å²) in [6.07, 6.45) is 0. The summed E-state index contributed by atoms with van der Waals surface area (Å²) in [6, 6.07) is 8.26. The van der Waals surface area contributed by atoms with Gasteiger partial charge in [-0.15, -0.1) is 0 Å². The van der Waals surface area contributed by atoms with E-state index in [-0.39, 0.29) is 10.7 Å². The zero-order valence-corrected chi connectivity index (χ0v) is 14.8. The monoisotopic (exact) mass is 393 g/mol. The lowest BCUT2D eigenvalue weighted by Gasteiger charge is -2.23. The molecule has 1 fully saturated rings. The third-order valence-electron chi connectivity index (χ3n) is 4.19. The zero-order chi connectivity index (χ0) is 19.8. The number of halogens is 3. The van der Waals surface area contributed by atoms with Gasteiger partial charge in [0.1, 0.15) is 23.7 Å². The van der Waals surface area contributed by atoms with Gasteiger partial charge in [-0.25, -0.2) is 13.6 Å². The second-order valence-corrected chi connectivity index (χ2v) is 6.51. The van der Waals surface area contributed by atoms with Crippen LogP contribution in [0.25, 0.3) is 0 Å². The first kappa shape index (κ1) is 18.8. The summed E-state index contributed by atoms with van der Waals surface area (Å²) in [4.78, 5) is 37.8. The number of carbonyl (C=O) groups is 3. The lowest BCUT2D eigenvalue weighted by atomic mass is 9.92. The molecule has 0 unspecified atom stereocenters. The van der Waals surface area contributed by atoms with Crippen LogP contribution in [0.3, 0.4) is 0 Å². The van der Waals surface area contributed by atoms with Gasteiger partial charge in [0.15, 0.2) is 0 Å². The fourth-order valence-corrected chi connectivity index (χ4v) is 3.14. The summed E-state index contributed by atoms with van der Waals surface area (Å²) in [7, 11) is 0. The average molecular weight is 394 g/mol. The van der Waals surface area contributed by atoms with Crippen LogP contribution in [-0.4, -0.2) is 29.3 Å². The number of amides is 4. The van der Waals surface area contributed by atoms with Crippen molar-refractivity contribution >= 4 is 35.1 Å². The molecule has 0 bridgehead atoms. The molecule has 140 valence electrons. The Morgan fingerprint density at radius 1 is 1.22 bits per heavy atom. The predicted octanol–water partition coefficient (Wildman–Crippen LogP) is 3.02. The zero-order valence-electron chi connectivity index (χ0n) is 14.1. The van der Waals surface area contributed by atoms with E-state index in [0.717, 1.165) is 18.2 Å². The summed E-state index contributed by atoms with van der Waals surface area (Å²) < 4.78 is 26.8. The largest absolute Gasteiger partial charge is 0.325 e. The second-order valence-electron chi connectivity index (χ2n) is 6.10. The van der Waals surface area contributed by atoms with E-state index in [0.29, 0.717) is 10.5 Å². The molecular weight excluding hydrogens is 380 g/mol. The fraction of sp³-hybridized carbons (Fsp3) is 0.167. The molecule has 1 heterocycles. The predicted molar refractivity (Wildman–Crippen MR) is 94.0 cm³/mol. The molecule has 0 saturated carbocycles. The molecule has 4 amide bonds. The van der Waals surface area contributed by atoms with E-state index >= 15 is 0 Å². The van der Waals surface area contributed by atoms with Gasteiger partial charge in [0.2, 0.25) is 5.91 Å². The van der Waals surface area contributed by atoms with Crippen LogP contribution >= 0.6 is 11.6 Å². The first-order valence-electron chi connectivity index (χ1n) is 7.86. The van der Waals surface area contributed by atoms with Crippen molar-refractivity contribution in [2.45, 2.75) is 12.5 Å². The van der Waals surface area contributed by atoms with Gasteiger partial charge in [0.25, 0.3) is 5.91 Å². The molecule has 0 aliphatic carbocycles. The quantitative estimate of drug-likeness (QED) is 0.784. The van der Waals surface area contributed by atoms with Gasteiger partial charge >= 0.3 is 6.03 Å². The molecule has 1 aliphatic heterocycles. The maximum atomic E-state index is 13.6. The van der Waals surface area contributed by atoms with Crippen molar-refractivity contribution in [3.8, 4) is 0 Å². The number of urea groups is 1. The standard InChI is InChI=1S/C18H14ClF2N3O3/c1-18(11-4-2-3-5-12(11)19)16(26)24(17(27)23-18)9-15(25)22-14-8-10(20)6-7-13(14)21/h2-8H,9H2,1H3,(H,22,25)(H,23,27)/t18-/m1/s1. The smallest absolute Gasteiger partial charge is 0.322 e. The van der Waals surface area contributed by atoms with E-state index < -0.39 is 41.6 Å². The highest BCUT2D eigenvalue weighted by Crippen LogP contribution is 2.33. The Morgan fingerprint density at radius 2 is 1.93 bits per heavy atom. The highest BCUT2D eigenvalue weighted by Gasteiger charge is 2.50. The van der Waals surface area contributed by atoms with Gasteiger partial charge in [0.05, 0.1) is 5.69 Å². The molecule has 1 aliphatic rings. The Bertz CT molecular complexity index is 953. The molecule has 2 aromatic rings. The normalized spacial score (nSPS) is 19.2. The van der Waals surface area contributed by atoms with E-state index in [2.05, 4.69) is 10.6 Å². The number of rotatable bonds is 4. The van der Waals surface area contributed by atoms with Crippen LogP contribution in [0.15, 0.2) is 42.5 Å². The molecule has 1 saturated heterocycles. The van der Waals surface area contributed by atoms with Crippen molar-refractivity contribution in [2.24, 2.45) is 0 Å². The number of carbonyl (C=O) groups excluding carboxylic acids is 3. The Labute approximate surface area is 158 Å². The molecule has 3 rings (SSSR count). The SMILES string of the molecule is C[C@]1(c2ccccc2Cl)NC(=O)N(CC(=O)Nc2cc(F)ccc2F)C1=O. The Hall–Kier alpha value is -3.00. The van der Waals surface area contributed by atoms with Crippen LogP contribution in [0.5, 0.6) is 0 Å². The number of imide groups is 1. The Balaban J connectivity index is 1.79. The minimum atomic E-state index is -1.44. The molecular formula is C18H14ClF2N3O3. The topological polar surface area (TPSA) is 78.5 Å². The minimum absolute atomic E-state index is 0.279. The Morgan fingerprint density at radius 3 is 2.63 bits per heavy atom. The van der Waals surface area contributed by atoms with Crippen molar-refractivity contribution in [1.29, 1.82) is 0 Å². The van der Waals surface area contributed by atoms with Crippen LogP contribution in [0.2, 0.25) is 5.02 Å². The van der Waals surface area contributed by atoms with E-state index in [1.807, 2.05) is 0 Å². The van der Waals surface area contributed by atoms with Gasteiger partial charge in [-0.2, -0.15) is 0 Å². The lowest BCUT2D eigenvalue weighted by molar-refractivity contribution is -0.133. The van der Waals surface area contributed by atoms with Crippen LogP contribution in [0.1, 0.15) is 12.5 Å². The summed E-state index contributed by atoms with van der Waals surface area (Å²) in [5, 5.41) is 4.94. The molecule has 0 aromatic heterocycles. The van der Waals surface area contributed by atoms with Crippen molar-refractivity contribution in [1.82, 2.24) is 10.2 Å². The Kier molecular flexibility index (Phi) is 4.84. The summed E-state index contributed by atoms with van der Waals surface area (Å²) in [6.45, 7) is 0.805. The molecule has 9 heteroatoms. The third kappa shape index (κ3) is 3.48. The molecule has 2 N–H and O–H groups in total. The molecule has 0 spiro atoms. The second kappa shape index (κ2) is 6.96. The molecule has 6 nitrogen and oxygen atoms in total. The highest BCUT2D eigenvalue weighted by atomic mass is 35.5. The van der Waals surface area contributed by atoms with E-state index in [4.69, 9.17) is 11.6 Å². The van der Waals surface area contributed by atoms with Gasteiger partial charge in [-0.05, 0) is 25.1 Å². The first-order valence-corrected chi connectivity index (χ1v) is 8.24. The highest BCUT2D eigenvalue weighted by molar-refractivity contribution is 6.32. The van der Waals surface area contributed by atoms with Crippen molar-refractivity contribution in [3.05, 3.63) is 64.7 Å². The summed E-state index contributed by atoms with van der Waals surface area (Å²) in [5.41, 5.74) is -1.45. The number of nitrogens with zero attached hydrogens (tertiary/aromatic N) is 1. The molecule has 27 heavy (non-hydrogen) atoms. The molecule has 1 atom stereocenters. The van der Waals surface area contributed by atoms with E-state index in [1.165, 1.54) is 6.92 Å². The minimum Gasteiger partial charge on any atom is -0.322 e. The number of hydrogen-bond donors (Lipinski definition) is 2. The summed E-state index contributed by atoms with van der Waals surface area (Å²) in [5.74, 6) is -3.13. The van der Waals surface area contributed by atoms with Gasteiger partial charge in [0, 0.05) is 16.7 Å². The first-order chi connectivity index (χ1) is 12.7. The number of anilines is 1. The van der Waals surface area contributed by atoms with Gasteiger partial charge in [-0.3, -0.25) is 14.5 Å². The van der Waals surface area contributed by atoms with Crippen LogP contribution < -0.4 is 10.6 Å². The van der Waals surface area contributed by atoms with E-state index in [1.54, 1.807) is 24.3 Å². The number of nitrogens with one attached hydrogen (secondary N) is 2. The third-order valence-corrected chi connectivity index (χ3v) is 4.52. The van der Waals surface area contributed by atoms with Crippen molar-refractivity contribution in [3.63, 3.8) is 0 Å². The summed E-state index contributed by atoms with van der Waals surface area (Å²) >= 11 is 6.12. The van der Waals surface area contributed by atoms with Crippen LogP contribution in [-0.2, 0) is 15.1 Å². The maximum absolute atomic E-state index is 13.6. The number of benzene rings is 2. The molecule has 2 aromatic carbocycles. The van der Waals surface area contributed by atoms with Crippen LogP contribution in [0, 0.1) is 11.6 Å². The van der Waals surface area contributed by atoms with Gasteiger partial charge < -0.3 is 10.6 Å². The lowest BCUT2D eigenvalue weighted by Crippen LogP contribution is -2.42. The number of hydrogen-bond acceptors (Lipinski definition) is 3. The fourth-order valence-electron chi connectivity index (χ4n) is 2.82. The molecule has 0 radical (unpaired) electrons. The average Bonchev–Trinajstić information content (AvgIpc) is 2.82. The van der Waals surface area contributed by atoms with E-state index in [9.17, 15) is 23.2 Å².